The van der Waals surface area contributed by atoms with Crippen LogP contribution in [0.3, 0.4) is 0 Å². The molecular formula is C16H16ClNO3S. The SMILES string of the molecule is CS(=O)(=O)Cc1ccccc1NC(=O)Cc1ccc(Cl)cc1. The maximum Gasteiger partial charge on any atom is 0.228 e. The van der Waals surface area contributed by atoms with Gasteiger partial charge in [0.1, 0.15) is 0 Å². The van der Waals surface area contributed by atoms with Gasteiger partial charge in [0, 0.05) is 17.0 Å². The van der Waals surface area contributed by atoms with E-state index in [1.54, 1.807) is 48.5 Å². The molecule has 0 heterocycles. The fourth-order valence-electron chi connectivity index (χ4n) is 2.03. The number of hydrogen-bond donors (Lipinski definition) is 1. The molecule has 0 aliphatic heterocycles. The quantitative estimate of drug-likeness (QED) is 0.912. The zero-order chi connectivity index (χ0) is 16.2. The Kier molecular flexibility index (Phi) is 5.21. The van der Waals surface area contributed by atoms with Crippen LogP contribution in [0.5, 0.6) is 0 Å². The number of sulfone groups is 1. The van der Waals surface area contributed by atoms with Crippen molar-refractivity contribution < 1.29 is 13.2 Å². The number of benzene rings is 2. The van der Waals surface area contributed by atoms with Gasteiger partial charge in [-0.1, -0.05) is 41.9 Å². The minimum Gasteiger partial charge on any atom is -0.326 e. The van der Waals surface area contributed by atoms with E-state index in [0.29, 0.717) is 16.3 Å². The summed E-state index contributed by atoms with van der Waals surface area (Å²) in [7, 11) is -3.17. The van der Waals surface area contributed by atoms with E-state index in [4.69, 9.17) is 11.6 Å². The average molecular weight is 338 g/mol. The lowest BCUT2D eigenvalue weighted by molar-refractivity contribution is -0.115. The maximum atomic E-state index is 12.1. The maximum absolute atomic E-state index is 12.1. The predicted molar refractivity (Wildman–Crippen MR) is 88.8 cm³/mol. The van der Waals surface area contributed by atoms with Crippen LogP contribution in [0.15, 0.2) is 48.5 Å². The van der Waals surface area contributed by atoms with E-state index < -0.39 is 9.84 Å². The number of para-hydroxylation sites is 1. The van der Waals surface area contributed by atoms with Gasteiger partial charge in [0.25, 0.3) is 0 Å². The topological polar surface area (TPSA) is 63.2 Å². The van der Waals surface area contributed by atoms with Gasteiger partial charge in [-0.3, -0.25) is 4.79 Å². The second-order valence-corrected chi connectivity index (χ2v) is 7.66. The third-order valence-electron chi connectivity index (χ3n) is 2.99. The molecule has 2 rings (SSSR count). The van der Waals surface area contributed by atoms with Crippen LogP contribution in [-0.2, 0) is 26.8 Å². The zero-order valence-electron chi connectivity index (χ0n) is 12.0. The molecular weight excluding hydrogens is 322 g/mol. The van der Waals surface area contributed by atoms with Crippen LogP contribution in [0, 0.1) is 0 Å². The Morgan fingerprint density at radius 3 is 2.36 bits per heavy atom. The second kappa shape index (κ2) is 6.94. The summed E-state index contributed by atoms with van der Waals surface area (Å²) in [6.45, 7) is 0. The Bertz CT molecular complexity index is 770. The van der Waals surface area contributed by atoms with Gasteiger partial charge in [-0.25, -0.2) is 8.42 Å². The Morgan fingerprint density at radius 2 is 1.73 bits per heavy atom. The van der Waals surface area contributed by atoms with E-state index in [2.05, 4.69) is 5.32 Å². The Balaban J connectivity index is 2.10. The summed E-state index contributed by atoms with van der Waals surface area (Å²) < 4.78 is 22.9. The highest BCUT2D eigenvalue weighted by Crippen LogP contribution is 2.18. The third-order valence-corrected chi connectivity index (χ3v) is 4.07. The number of halogens is 1. The highest BCUT2D eigenvalue weighted by molar-refractivity contribution is 7.89. The van der Waals surface area contributed by atoms with E-state index in [1.165, 1.54) is 6.26 Å². The highest BCUT2D eigenvalue weighted by Gasteiger charge is 2.11. The molecule has 0 unspecified atom stereocenters. The molecule has 0 fully saturated rings. The molecule has 0 bridgehead atoms. The zero-order valence-corrected chi connectivity index (χ0v) is 13.6. The first-order chi connectivity index (χ1) is 10.3. The standard InChI is InChI=1S/C16H16ClNO3S/c1-22(20,21)11-13-4-2-3-5-15(13)18-16(19)10-12-6-8-14(17)9-7-12/h2-9H,10-11H2,1H3,(H,18,19). The summed E-state index contributed by atoms with van der Waals surface area (Å²) in [4.78, 5) is 12.1. The van der Waals surface area contributed by atoms with E-state index >= 15 is 0 Å². The van der Waals surface area contributed by atoms with Crippen molar-refractivity contribution in [2.75, 3.05) is 11.6 Å². The van der Waals surface area contributed by atoms with Crippen molar-refractivity contribution in [3.8, 4) is 0 Å². The van der Waals surface area contributed by atoms with Gasteiger partial charge >= 0.3 is 0 Å². The molecule has 0 saturated carbocycles. The number of nitrogens with one attached hydrogen (secondary N) is 1. The Hall–Kier alpha value is -1.85. The van der Waals surface area contributed by atoms with Gasteiger partial charge in [0.15, 0.2) is 9.84 Å². The van der Waals surface area contributed by atoms with Crippen LogP contribution in [0.1, 0.15) is 11.1 Å². The molecule has 22 heavy (non-hydrogen) atoms. The number of anilines is 1. The largest absolute Gasteiger partial charge is 0.326 e. The molecule has 116 valence electrons. The normalized spacial score (nSPS) is 11.2. The van der Waals surface area contributed by atoms with Crippen LogP contribution in [0.4, 0.5) is 5.69 Å². The van der Waals surface area contributed by atoms with Gasteiger partial charge < -0.3 is 5.32 Å². The number of carbonyl (C=O) groups excluding carboxylic acids is 1. The molecule has 4 nitrogen and oxygen atoms in total. The molecule has 0 aliphatic carbocycles. The minimum absolute atomic E-state index is 0.107. The first kappa shape index (κ1) is 16.5. The molecule has 0 saturated heterocycles. The second-order valence-electron chi connectivity index (χ2n) is 5.08. The van der Waals surface area contributed by atoms with Gasteiger partial charge in [-0.2, -0.15) is 0 Å². The van der Waals surface area contributed by atoms with Crippen molar-refractivity contribution in [3.63, 3.8) is 0 Å². The van der Waals surface area contributed by atoms with Crippen LogP contribution in [-0.4, -0.2) is 20.6 Å². The fourth-order valence-corrected chi connectivity index (χ4v) is 2.98. The molecule has 0 spiro atoms. The van der Waals surface area contributed by atoms with Gasteiger partial charge in [0.05, 0.1) is 12.2 Å². The Morgan fingerprint density at radius 1 is 1.09 bits per heavy atom. The Labute approximate surface area is 135 Å². The van der Waals surface area contributed by atoms with Gasteiger partial charge in [-0.05, 0) is 29.3 Å². The third kappa shape index (κ3) is 5.16. The summed E-state index contributed by atoms with van der Waals surface area (Å²) in [5.74, 6) is -0.312. The molecule has 0 aromatic heterocycles. The van der Waals surface area contributed by atoms with Gasteiger partial charge in [0.2, 0.25) is 5.91 Å². The van der Waals surface area contributed by atoms with Crippen molar-refractivity contribution in [1.82, 2.24) is 0 Å². The molecule has 2 aromatic rings. The highest BCUT2D eigenvalue weighted by atomic mass is 35.5. The summed E-state index contributed by atoms with van der Waals surface area (Å²) in [5, 5.41) is 3.37. The number of amides is 1. The summed E-state index contributed by atoms with van der Waals surface area (Å²) >= 11 is 5.80. The van der Waals surface area contributed by atoms with Crippen LogP contribution in [0.2, 0.25) is 5.02 Å². The summed E-state index contributed by atoms with van der Waals surface area (Å²) in [6.07, 6.45) is 1.36. The molecule has 2 aromatic carbocycles. The predicted octanol–water partition coefficient (Wildman–Crippen LogP) is 3.07. The number of carbonyl (C=O) groups is 1. The summed E-state index contributed by atoms with van der Waals surface area (Å²) in [6, 6.07) is 13.9. The smallest absolute Gasteiger partial charge is 0.228 e. The molecule has 0 radical (unpaired) electrons. The van der Waals surface area contributed by atoms with Crippen molar-refractivity contribution in [1.29, 1.82) is 0 Å². The lowest BCUT2D eigenvalue weighted by Crippen LogP contribution is -2.16. The van der Waals surface area contributed by atoms with Crippen molar-refractivity contribution >= 4 is 33.0 Å². The van der Waals surface area contributed by atoms with E-state index in [-0.39, 0.29) is 18.1 Å². The average Bonchev–Trinajstić information content (AvgIpc) is 2.42. The molecule has 0 atom stereocenters. The lowest BCUT2D eigenvalue weighted by atomic mass is 10.1. The van der Waals surface area contributed by atoms with E-state index in [1.807, 2.05) is 0 Å². The number of rotatable bonds is 5. The fraction of sp³-hybridized carbons (Fsp3) is 0.188. The van der Waals surface area contributed by atoms with Crippen molar-refractivity contribution in [2.24, 2.45) is 0 Å². The van der Waals surface area contributed by atoms with E-state index in [0.717, 1.165) is 5.56 Å². The van der Waals surface area contributed by atoms with Crippen molar-refractivity contribution in [3.05, 3.63) is 64.7 Å². The molecule has 1 N–H and O–H groups in total. The molecule has 1 amide bonds. The molecule has 6 heteroatoms. The van der Waals surface area contributed by atoms with Crippen LogP contribution < -0.4 is 5.32 Å². The monoisotopic (exact) mass is 337 g/mol. The van der Waals surface area contributed by atoms with Crippen molar-refractivity contribution in [2.45, 2.75) is 12.2 Å². The first-order valence-electron chi connectivity index (χ1n) is 6.63. The van der Waals surface area contributed by atoms with E-state index in [9.17, 15) is 13.2 Å². The minimum atomic E-state index is -3.17. The van der Waals surface area contributed by atoms with Crippen LogP contribution in [0.25, 0.3) is 0 Å². The van der Waals surface area contributed by atoms with Crippen LogP contribution >= 0.6 is 11.6 Å². The van der Waals surface area contributed by atoms with Gasteiger partial charge in [-0.15, -0.1) is 0 Å². The summed E-state index contributed by atoms with van der Waals surface area (Å²) in [5.41, 5.74) is 1.93. The molecule has 0 aliphatic rings. The lowest BCUT2D eigenvalue weighted by Gasteiger charge is -2.10. The number of hydrogen-bond acceptors (Lipinski definition) is 3. The first-order valence-corrected chi connectivity index (χ1v) is 9.07.